The molecule has 0 aliphatic rings. The number of nitrogens with one attached hydrogen (secondary N) is 1. The van der Waals surface area contributed by atoms with Crippen LogP contribution in [0.2, 0.25) is 0 Å². The molecule has 2 unspecified atom stereocenters. The van der Waals surface area contributed by atoms with Gasteiger partial charge in [0.05, 0.1) is 26.7 Å². The number of hydrogen-bond donors (Lipinski definition) is 4. The van der Waals surface area contributed by atoms with E-state index in [4.69, 9.17) is 4.55 Å². The van der Waals surface area contributed by atoms with Gasteiger partial charge in [-0.05, 0) is 32.1 Å². The molecule has 0 aliphatic heterocycles. The molecule has 0 rings (SSSR count). The number of quaternary nitrogens is 1. The Morgan fingerprint density at radius 3 is 2.00 bits per heavy atom. The summed E-state index contributed by atoms with van der Waals surface area (Å²) in [5.74, 6) is -0.759. The molecule has 8 nitrogen and oxygen atoms in total. The molecule has 35 heavy (non-hydrogen) atoms. The number of carbonyl (C=O) groups excluding carboxylic acids is 1. The molecular formula is C26H53N2O6S+. The Morgan fingerprint density at radius 1 is 0.914 bits per heavy atom. The van der Waals surface area contributed by atoms with Crippen LogP contribution in [0.3, 0.4) is 0 Å². The number of aliphatic hydroxyl groups excluding tert-OH is 2. The first-order valence-corrected chi connectivity index (χ1v) is 15.2. The van der Waals surface area contributed by atoms with Crippen molar-refractivity contribution in [1.82, 2.24) is 5.32 Å². The highest BCUT2D eigenvalue weighted by atomic mass is 32.2. The van der Waals surface area contributed by atoms with Crippen molar-refractivity contribution in [2.75, 3.05) is 45.6 Å². The van der Waals surface area contributed by atoms with Crippen LogP contribution in [-0.4, -0.2) is 85.3 Å². The van der Waals surface area contributed by atoms with Crippen molar-refractivity contribution in [3.8, 4) is 0 Å². The molecule has 0 spiro atoms. The number of aliphatic hydroxyl groups is 2. The lowest BCUT2D eigenvalue weighted by atomic mass is 10.1. The molecule has 0 heterocycles. The lowest BCUT2D eigenvalue weighted by Gasteiger charge is -2.35. The molecule has 0 aromatic carbocycles. The standard InChI is InChI=1S/C26H52N2O6S/c1-3-4-5-6-7-8-9-10-11-12-13-14-15-16-17-18-26(31)27-19-20-28(2,21-22-29)23-25(30)24-35(32,33)34/h10-11,25,29-30H,3-9,12-24H2,1-2H3,(H-,27,31,32,33,34)/p+1. The number of likely N-dealkylation sites (N-methyl/N-ethyl adjacent to an activating group) is 1. The Morgan fingerprint density at radius 2 is 1.46 bits per heavy atom. The summed E-state index contributed by atoms with van der Waals surface area (Å²) in [7, 11) is -2.49. The maximum atomic E-state index is 12.1. The molecule has 0 aliphatic carbocycles. The van der Waals surface area contributed by atoms with E-state index in [1.807, 2.05) is 0 Å². The number of unbranched alkanes of at least 4 members (excludes halogenated alkanes) is 11. The Labute approximate surface area is 214 Å². The van der Waals surface area contributed by atoms with Crippen molar-refractivity contribution in [2.24, 2.45) is 0 Å². The lowest BCUT2D eigenvalue weighted by Crippen LogP contribution is -2.54. The smallest absolute Gasteiger partial charge is 0.267 e. The summed E-state index contributed by atoms with van der Waals surface area (Å²) in [5, 5.41) is 22.1. The summed E-state index contributed by atoms with van der Waals surface area (Å²) < 4.78 is 31.0. The van der Waals surface area contributed by atoms with Gasteiger partial charge in [-0.3, -0.25) is 9.35 Å². The third-order valence-electron chi connectivity index (χ3n) is 6.33. The van der Waals surface area contributed by atoms with Gasteiger partial charge in [-0.1, -0.05) is 70.4 Å². The average Bonchev–Trinajstić information content (AvgIpc) is 2.75. The second-order valence-corrected chi connectivity index (χ2v) is 11.6. The molecule has 0 aromatic heterocycles. The zero-order chi connectivity index (χ0) is 26.4. The summed E-state index contributed by atoms with van der Waals surface area (Å²) in [4.78, 5) is 12.1. The SMILES string of the molecule is CCCCCCCCC=CCCCCCCCC(=O)NCC[N+](C)(CCO)CC(O)CS(=O)(=O)O. The summed E-state index contributed by atoms with van der Waals surface area (Å²) in [5.41, 5.74) is 0. The van der Waals surface area contributed by atoms with Gasteiger partial charge in [-0.2, -0.15) is 8.42 Å². The van der Waals surface area contributed by atoms with Gasteiger partial charge in [-0.15, -0.1) is 0 Å². The van der Waals surface area contributed by atoms with Crippen molar-refractivity contribution < 1.29 is 32.5 Å². The van der Waals surface area contributed by atoms with Crippen LogP contribution in [0.25, 0.3) is 0 Å². The molecule has 0 aromatic rings. The number of carbonyl (C=O) groups is 1. The van der Waals surface area contributed by atoms with Gasteiger partial charge in [0.15, 0.2) is 0 Å². The van der Waals surface area contributed by atoms with Crippen molar-refractivity contribution in [2.45, 2.75) is 103 Å². The fraction of sp³-hybridized carbons (Fsp3) is 0.885. The van der Waals surface area contributed by atoms with Gasteiger partial charge in [0.2, 0.25) is 5.91 Å². The van der Waals surface area contributed by atoms with Crippen molar-refractivity contribution in [3.63, 3.8) is 0 Å². The van der Waals surface area contributed by atoms with Gasteiger partial charge in [-0.25, -0.2) is 0 Å². The van der Waals surface area contributed by atoms with Crippen LogP contribution in [-0.2, 0) is 14.9 Å². The Balaban J connectivity index is 3.80. The number of allylic oxidation sites excluding steroid dienone is 2. The van der Waals surface area contributed by atoms with Crippen LogP contribution in [0.15, 0.2) is 12.2 Å². The zero-order valence-corrected chi connectivity index (χ0v) is 23.1. The highest BCUT2D eigenvalue weighted by Gasteiger charge is 2.27. The van der Waals surface area contributed by atoms with E-state index >= 15 is 0 Å². The van der Waals surface area contributed by atoms with Gasteiger partial charge in [0.25, 0.3) is 10.1 Å². The molecule has 4 N–H and O–H groups in total. The number of amides is 1. The number of rotatable bonds is 24. The van der Waals surface area contributed by atoms with Crippen LogP contribution in [0, 0.1) is 0 Å². The van der Waals surface area contributed by atoms with E-state index < -0.39 is 22.0 Å². The van der Waals surface area contributed by atoms with Gasteiger partial charge in [0.1, 0.15) is 24.9 Å². The van der Waals surface area contributed by atoms with Crippen LogP contribution in [0.1, 0.15) is 96.8 Å². The van der Waals surface area contributed by atoms with Crippen molar-refractivity contribution >= 4 is 16.0 Å². The predicted molar refractivity (Wildman–Crippen MR) is 143 cm³/mol. The van der Waals surface area contributed by atoms with Crippen LogP contribution < -0.4 is 5.32 Å². The summed E-state index contributed by atoms with van der Waals surface area (Å²) in [6.07, 6.45) is 19.7. The maximum Gasteiger partial charge on any atom is 0.267 e. The minimum absolute atomic E-state index is 0.0170. The zero-order valence-electron chi connectivity index (χ0n) is 22.3. The second kappa shape index (κ2) is 21.1. The van der Waals surface area contributed by atoms with Gasteiger partial charge < -0.3 is 20.0 Å². The van der Waals surface area contributed by atoms with Crippen molar-refractivity contribution in [1.29, 1.82) is 0 Å². The first-order chi connectivity index (χ1) is 16.6. The molecule has 0 radical (unpaired) electrons. The Hall–Kier alpha value is -1.00. The quantitative estimate of drug-likeness (QED) is 0.0662. The third-order valence-corrected chi connectivity index (χ3v) is 7.14. The van der Waals surface area contributed by atoms with Crippen molar-refractivity contribution in [3.05, 3.63) is 12.2 Å². The highest BCUT2D eigenvalue weighted by molar-refractivity contribution is 7.85. The largest absolute Gasteiger partial charge is 0.391 e. The molecule has 0 saturated heterocycles. The van der Waals surface area contributed by atoms with E-state index in [2.05, 4.69) is 24.4 Å². The van der Waals surface area contributed by atoms with Crippen LogP contribution >= 0.6 is 0 Å². The molecule has 0 bridgehead atoms. The first-order valence-electron chi connectivity index (χ1n) is 13.6. The van der Waals surface area contributed by atoms with E-state index in [-0.39, 0.29) is 23.5 Å². The summed E-state index contributed by atoms with van der Waals surface area (Å²) in [6, 6.07) is 0. The topological polar surface area (TPSA) is 124 Å². The average molecular weight is 522 g/mol. The van der Waals surface area contributed by atoms with E-state index in [1.165, 1.54) is 57.8 Å². The molecule has 2 atom stereocenters. The molecule has 9 heteroatoms. The van der Waals surface area contributed by atoms with Crippen LogP contribution in [0.5, 0.6) is 0 Å². The van der Waals surface area contributed by atoms with E-state index in [0.29, 0.717) is 26.1 Å². The van der Waals surface area contributed by atoms with Gasteiger partial charge >= 0.3 is 0 Å². The molecule has 0 saturated carbocycles. The minimum atomic E-state index is -4.27. The Bertz CT molecular complexity index is 656. The number of hydrogen-bond acceptors (Lipinski definition) is 5. The van der Waals surface area contributed by atoms with E-state index in [0.717, 1.165) is 25.7 Å². The fourth-order valence-electron chi connectivity index (χ4n) is 4.25. The fourth-order valence-corrected chi connectivity index (χ4v) is 4.84. The van der Waals surface area contributed by atoms with Gasteiger partial charge in [0, 0.05) is 6.42 Å². The van der Waals surface area contributed by atoms with E-state index in [9.17, 15) is 23.4 Å². The summed E-state index contributed by atoms with van der Waals surface area (Å²) >= 11 is 0. The summed E-state index contributed by atoms with van der Waals surface area (Å²) in [6.45, 7) is 3.31. The lowest BCUT2D eigenvalue weighted by molar-refractivity contribution is -0.911. The molecular weight excluding hydrogens is 468 g/mol. The molecule has 1 amide bonds. The first kappa shape index (κ1) is 34.0. The highest BCUT2D eigenvalue weighted by Crippen LogP contribution is 2.10. The van der Waals surface area contributed by atoms with E-state index in [1.54, 1.807) is 7.05 Å². The maximum absolute atomic E-state index is 12.1. The third kappa shape index (κ3) is 23.2. The minimum Gasteiger partial charge on any atom is -0.391 e. The Kier molecular flexibility index (Phi) is 20.5. The second-order valence-electron chi connectivity index (χ2n) is 10.1. The number of nitrogens with zero attached hydrogens (tertiary/aromatic N) is 1. The molecule has 208 valence electrons. The normalized spacial score (nSPS) is 14.8. The predicted octanol–water partition coefficient (Wildman–Crippen LogP) is 3.83. The molecule has 0 fully saturated rings. The monoisotopic (exact) mass is 521 g/mol. The van der Waals surface area contributed by atoms with Crippen LogP contribution in [0.4, 0.5) is 0 Å².